The third kappa shape index (κ3) is 2.86. The number of rotatable bonds is 6. The minimum Gasteiger partial charge on any atom is -0.397 e. The van der Waals surface area contributed by atoms with Crippen LogP contribution < -0.4 is 16.8 Å². The molecule has 0 bridgehead atoms. The lowest BCUT2D eigenvalue weighted by atomic mass is 10.0. The van der Waals surface area contributed by atoms with Crippen LogP contribution in [-0.4, -0.2) is 11.9 Å². The van der Waals surface area contributed by atoms with E-state index in [0.717, 1.165) is 29.8 Å². The van der Waals surface area contributed by atoms with Crippen LogP contribution in [0.25, 0.3) is 0 Å². The molecule has 0 spiro atoms. The van der Waals surface area contributed by atoms with E-state index in [9.17, 15) is 4.79 Å². The van der Waals surface area contributed by atoms with Gasteiger partial charge in [0.1, 0.15) is 4.88 Å². The zero-order valence-electron chi connectivity index (χ0n) is 11.8. The van der Waals surface area contributed by atoms with Crippen molar-refractivity contribution in [2.45, 2.75) is 52.0 Å². The fourth-order valence-corrected chi connectivity index (χ4v) is 3.55. The van der Waals surface area contributed by atoms with Gasteiger partial charge in [0, 0.05) is 11.6 Å². The SMILES string of the molecule is CCC(Nc1sc(C(N)=O)c(N)c1C1CC1)C(C)C. The van der Waals surface area contributed by atoms with E-state index in [4.69, 9.17) is 11.5 Å². The first kappa shape index (κ1) is 14.2. The highest BCUT2D eigenvalue weighted by Crippen LogP contribution is 2.51. The normalized spacial score (nSPS) is 16.6. The highest BCUT2D eigenvalue weighted by atomic mass is 32.1. The van der Waals surface area contributed by atoms with E-state index in [0.29, 0.717) is 28.4 Å². The third-order valence-electron chi connectivity index (χ3n) is 3.75. The molecule has 1 aromatic heterocycles. The summed E-state index contributed by atoms with van der Waals surface area (Å²) in [5, 5.41) is 4.62. The number of primary amides is 1. The van der Waals surface area contributed by atoms with E-state index < -0.39 is 5.91 Å². The van der Waals surface area contributed by atoms with Crippen LogP contribution in [0.2, 0.25) is 0 Å². The molecular weight excluding hydrogens is 258 g/mol. The lowest BCUT2D eigenvalue weighted by Crippen LogP contribution is -2.24. The lowest BCUT2D eigenvalue weighted by Gasteiger charge is -2.22. The molecule has 1 atom stereocenters. The van der Waals surface area contributed by atoms with Crippen molar-refractivity contribution in [3.8, 4) is 0 Å². The van der Waals surface area contributed by atoms with Crippen LogP contribution in [0.15, 0.2) is 0 Å². The Bertz CT molecular complexity index is 477. The molecule has 1 aliphatic rings. The summed E-state index contributed by atoms with van der Waals surface area (Å²) < 4.78 is 0. The van der Waals surface area contributed by atoms with E-state index >= 15 is 0 Å². The Labute approximate surface area is 118 Å². The summed E-state index contributed by atoms with van der Waals surface area (Å²) in [5.74, 6) is 0.629. The first-order chi connectivity index (χ1) is 8.95. The Hall–Kier alpha value is -1.23. The molecule has 2 rings (SSSR count). The van der Waals surface area contributed by atoms with Crippen molar-refractivity contribution in [2.75, 3.05) is 11.1 Å². The average Bonchev–Trinajstić information content (AvgIpc) is 3.10. The maximum absolute atomic E-state index is 11.4. The zero-order valence-corrected chi connectivity index (χ0v) is 12.6. The molecule has 5 heteroatoms. The van der Waals surface area contributed by atoms with Crippen molar-refractivity contribution in [1.29, 1.82) is 0 Å². The van der Waals surface area contributed by atoms with Crippen molar-refractivity contribution in [3.63, 3.8) is 0 Å². The van der Waals surface area contributed by atoms with Gasteiger partial charge in [0.05, 0.1) is 10.7 Å². The van der Waals surface area contributed by atoms with E-state index in [1.165, 1.54) is 11.3 Å². The van der Waals surface area contributed by atoms with Gasteiger partial charge in [-0.1, -0.05) is 20.8 Å². The summed E-state index contributed by atoms with van der Waals surface area (Å²) in [5.41, 5.74) is 13.2. The van der Waals surface area contributed by atoms with Crippen molar-refractivity contribution < 1.29 is 4.79 Å². The quantitative estimate of drug-likeness (QED) is 0.749. The van der Waals surface area contributed by atoms with Crippen LogP contribution >= 0.6 is 11.3 Å². The highest BCUT2D eigenvalue weighted by Gasteiger charge is 2.33. The fraction of sp³-hybridized carbons (Fsp3) is 0.643. The van der Waals surface area contributed by atoms with Gasteiger partial charge in [-0.05, 0) is 31.1 Å². The van der Waals surface area contributed by atoms with Crippen molar-refractivity contribution in [1.82, 2.24) is 0 Å². The Morgan fingerprint density at radius 1 is 1.47 bits per heavy atom. The summed E-state index contributed by atoms with van der Waals surface area (Å²) in [4.78, 5) is 11.9. The number of nitrogens with one attached hydrogen (secondary N) is 1. The Morgan fingerprint density at radius 2 is 2.11 bits per heavy atom. The third-order valence-corrected chi connectivity index (χ3v) is 4.92. The summed E-state index contributed by atoms with van der Waals surface area (Å²) in [6.07, 6.45) is 3.37. The fourth-order valence-electron chi connectivity index (χ4n) is 2.43. The first-order valence-electron chi connectivity index (χ1n) is 6.94. The summed E-state index contributed by atoms with van der Waals surface area (Å²) in [6.45, 7) is 6.56. The molecule has 1 saturated carbocycles. The smallest absolute Gasteiger partial charge is 0.260 e. The average molecular weight is 281 g/mol. The van der Waals surface area contributed by atoms with Gasteiger partial charge in [-0.3, -0.25) is 4.79 Å². The number of hydrogen-bond acceptors (Lipinski definition) is 4. The highest BCUT2D eigenvalue weighted by molar-refractivity contribution is 7.18. The van der Waals surface area contributed by atoms with Gasteiger partial charge in [-0.15, -0.1) is 11.3 Å². The molecule has 1 unspecified atom stereocenters. The maximum atomic E-state index is 11.4. The molecule has 1 fully saturated rings. The zero-order chi connectivity index (χ0) is 14.2. The van der Waals surface area contributed by atoms with Gasteiger partial charge in [0.2, 0.25) is 0 Å². The van der Waals surface area contributed by atoms with Crippen molar-refractivity contribution in [3.05, 3.63) is 10.4 Å². The number of thiophene rings is 1. The molecule has 1 heterocycles. The molecule has 0 aliphatic heterocycles. The van der Waals surface area contributed by atoms with Gasteiger partial charge in [0.25, 0.3) is 5.91 Å². The largest absolute Gasteiger partial charge is 0.397 e. The van der Waals surface area contributed by atoms with Crippen LogP contribution in [0.4, 0.5) is 10.7 Å². The molecule has 0 saturated heterocycles. The van der Waals surface area contributed by atoms with Crippen molar-refractivity contribution >= 4 is 27.9 Å². The summed E-state index contributed by atoms with van der Waals surface area (Å²) in [7, 11) is 0. The number of carbonyl (C=O) groups excluding carboxylic acids is 1. The van der Waals surface area contributed by atoms with Gasteiger partial charge in [-0.2, -0.15) is 0 Å². The number of anilines is 2. The standard InChI is InChI=1S/C14H23N3OS/c1-4-9(7(2)3)17-14-10(8-5-6-8)11(15)12(19-14)13(16)18/h7-9,17H,4-6,15H2,1-3H3,(H2,16,18). The second kappa shape index (κ2) is 5.41. The molecule has 5 N–H and O–H groups in total. The topological polar surface area (TPSA) is 81.1 Å². The first-order valence-corrected chi connectivity index (χ1v) is 7.75. The summed E-state index contributed by atoms with van der Waals surface area (Å²) >= 11 is 1.41. The molecule has 0 aromatic carbocycles. The van der Waals surface area contributed by atoms with Crippen LogP contribution in [0.1, 0.15) is 61.2 Å². The minimum absolute atomic E-state index is 0.399. The molecule has 1 aliphatic carbocycles. The Balaban J connectivity index is 2.33. The minimum atomic E-state index is -0.421. The van der Waals surface area contributed by atoms with E-state index in [1.807, 2.05) is 0 Å². The maximum Gasteiger partial charge on any atom is 0.260 e. The van der Waals surface area contributed by atoms with Crippen LogP contribution in [0.5, 0.6) is 0 Å². The molecule has 1 aromatic rings. The number of amides is 1. The van der Waals surface area contributed by atoms with Gasteiger partial charge in [-0.25, -0.2) is 0 Å². The predicted octanol–water partition coefficient (Wildman–Crippen LogP) is 3.15. The number of hydrogen-bond donors (Lipinski definition) is 3. The summed E-state index contributed by atoms with van der Waals surface area (Å²) in [6, 6.07) is 0.399. The predicted molar refractivity (Wildman–Crippen MR) is 81.8 cm³/mol. The van der Waals surface area contributed by atoms with Gasteiger partial charge >= 0.3 is 0 Å². The van der Waals surface area contributed by atoms with Crippen LogP contribution in [0.3, 0.4) is 0 Å². The Kier molecular flexibility index (Phi) is 4.04. The molecular formula is C14H23N3OS. The Morgan fingerprint density at radius 3 is 2.53 bits per heavy atom. The van der Waals surface area contributed by atoms with Gasteiger partial charge in [0.15, 0.2) is 0 Å². The van der Waals surface area contributed by atoms with E-state index in [1.54, 1.807) is 0 Å². The van der Waals surface area contributed by atoms with Crippen molar-refractivity contribution in [2.24, 2.45) is 11.7 Å². The molecule has 1 amide bonds. The monoisotopic (exact) mass is 281 g/mol. The molecule has 0 radical (unpaired) electrons. The molecule has 106 valence electrons. The second-order valence-corrected chi connectivity index (χ2v) is 6.65. The second-order valence-electron chi connectivity index (χ2n) is 5.63. The number of nitrogens with two attached hydrogens (primary N) is 2. The van der Waals surface area contributed by atoms with Crippen LogP contribution in [-0.2, 0) is 0 Å². The van der Waals surface area contributed by atoms with Gasteiger partial charge < -0.3 is 16.8 Å². The van der Waals surface area contributed by atoms with Crippen LogP contribution in [0, 0.1) is 5.92 Å². The van der Waals surface area contributed by atoms with E-state index in [-0.39, 0.29) is 0 Å². The number of nitrogen functional groups attached to an aromatic ring is 1. The molecule has 19 heavy (non-hydrogen) atoms. The lowest BCUT2D eigenvalue weighted by molar-refractivity contribution is 0.100. The van der Waals surface area contributed by atoms with E-state index in [2.05, 4.69) is 26.1 Å². The molecule has 4 nitrogen and oxygen atoms in total. The number of carbonyl (C=O) groups is 1.